The summed E-state index contributed by atoms with van der Waals surface area (Å²) in [6, 6.07) is 7.67. The molecule has 0 atom stereocenters. The van der Waals surface area contributed by atoms with E-state index in [4.69, 9.17) is 11.6 Å². The zero-order valence-electron chi connectivity index (χ0n) is 15.8. The molecule has 0 bridgehead atoms. The van der Waals surface area contributed by atoms with E-state index in [1.807, 2.05) is 34.1 Å². The molecule has 27 heavy (non-hydrogen) atoms. The summed E-state index contributed by atoms with van der Waals surface area (Å²) in [5.74, 6) is 0.231. The van der Waals surface area contributed by atoms with Crippen LogP contribution in [-0.2, 0) is 11.2 Å². The molecule has 0 radical (unpaired) electrons. The maximum Gasteiger partial charge on any atom is 0.317 e. The number of amides is 3. The zero-order chi connectivity index (χ0) is 19.1. The first-order chi connectivity index (χ1) is 13.1. The number of piperazine rings is 1. The quantitative estimate of drug-likeness (QED) is 0.835. The molecule has 2 fully saturated rings. The molecule has 6 nitrogen and oxygen atoms in total. The van der Waals surface area contributed by atoms with Crippen LogP contribution in [0.1, 0.15) is 24.8 Å². The molecular formula is C20H29ClN4O2. The predicted molar refractivity (Wildman–Crippen MR) is 107 cm³/mol. The third-order valence-electron chi connectivity index (χ3n) is 5.31. The summed E-state index contributed by atoms with van der Waals surface area (Å²) in [4.78, 5) is 30.7. The van der Waals surface area contributed by atoms with Crippen molar-refractivity contribution in [2.24, 2.45) is 0 Å². The lowest BCUT2D eigenvalue weighted by Crippen LogP contribution is -2.54. The van der Waals surface area contributed by atoms with Crippen molar-refractivity contribution in [3.8, 4) is 0 Å². The fourth-order valence-corrected chi connectivity index (χ4v) is 3.87. The van der Waals surface area contributed by atoms with E-state index in [-0.39, 0.29) is 11.9 Å². The number of nitrogens with one attached hydrogen (secondary N) is 1. The third-order valence-corrected chi connectivity index (χ3v) is 5.54. The number of hydrogen-bond acceptors (Lipinski definition) is 3. The van der Waals surface area contributed by atoms with Gasteiger partial charge in [-0.25, -0.2) is 4.79 Å². The molecule has 1 aromatic carbocycles. The molecule has 0 aliphatic carbocycles. The number of hydrogen-bond donors (Lipinski definition) is 1. The second-order valence-electron chi connectivity index (χ2n) is 7.32. The summed E-state index contributed by atoms with van der Waals surface area (Å²) in [6.45, 7) is 5.69. The number of piperidine rings is 1. The van der Waals surface area contributed by atoms with Crippen molar-refractivity contribution in [3.63, 3.8) is 0 Å². The first-order valence-corrected chi connectivity index (χ1v) is 10.3. The number of rotatable bonds is 5. The molecule has 7 heteroatoms. The summed E-state index contributed by atoms with van der Waals surface area (Å²) in [5, 5.41) is 3.69. The van der Waals surface area contributed by atoms with Crippen LogP contribution in [0.15, 0.2) is 24.3 Å². The van der Waals surface area contributed by atoms with Gasteiger partial charge in [0.2, 0.25) is 5.91 Å². The van der Waals surface area contributed by atoms with Gasteiger partial charge in [-0.2, -0.15) is 0 Å². The molecule has 3 rings (SSSR count). The Morgan fingerprint density at radius 3 is 2.41 bits per heavy atom. The van der Waals surface area contributed by atoms with Crippen molar-refractivity contribution < 1.29 is 9.59 Å². The first-order valence-electron chi connectivity index (χ1n) is 9.89. The second-order valence-corrected chi connectivity index (χ2v) is 7.75. The Hall–Kier alpha value is -1.79. The average molecular weight is 393 g/mol. The minimum atomic E-state index is -0.0287. The van der Waals surface area contributed by atoms with E-state index < -0.39 is 0 Å². The van der Waals surface area contributed by atoms with Gasteiger partial charge in [-0.1, -0.05) is 23.7 Å². The van der Waals surface area contributed by atoms with E-state index in [0.29, 0.717) is 31.2 Å². The standard InChI is InChI=1S/C20H29ClN4O2/c21-18-6-4-5-17(15-18)7-8-22-20(27)25-13-11-23(12-14-25)16-19(26)24-9-2-1-3-10-24/h4-6,15H,1-3,7-14,16H2,(H,22,27). The van der Waals surface area contributed by atoms with Crippen LogP contribution < -0.4 is 5.32 Å². The average Bonchev–Trinajstić information content (AvgIpc) is 2.69. The molecule has 0 spiro atoms. The van der Waals surface area contributed by atoms with Crippen LogP contribution in [0.4, 0.5) is 4.79 Å². The zero-order valence-corrected chi connectivity index (χ0v) is 16.6. The number of benzene rings is 1. The summed E-state index contributed by atoms with van der Waals surface area (Å²) >= 11 is 5.98. The third kappa shape index (κ3) is 6.11. The number of likely N-dealkylation sites (tertiary alicyclic amines) is 1. The Morgan fingerprint density at radius 1 is 0.963 bits per heavy atom. The van der Waals surface area contributed by atoms with Gasteiger partial charge in [0.05, 0.1) is 6.54 Å². The summed E-state index contributed by atoms with van der Waals surface area (Å²) < 4.78 is 0. The van der Waals surface area contributed by atoms with E-state index in [1.54, 1.807) is 0 Å². The van der Waals surface area contributed by atoms with E-state index in [9.17, 15) is 9.59 Å². The van der Waals surface area contributed by atoms with E-state index in [1.165, 1.54) is 6.42 Å². The van der Waals surface area contributed by atoms with Gasteiger partial charge in [0.25, 0.3) is 0 Å². The Balaban J connectivity index is 1.34. The Bertz CT molecular complexity index is 641. The molecule has 2 aliphatic heterocycles. The smallest absolute Gasteiger partial charge is 0.317 e. The summed E-state index contributed by atoms with van der Waals surface area (Å²) in [5.41, 5.74) is 1.11. The Labute approximate surface area is 166 Å². The number of carbonyl (C=O) groups is 2. The monoisotopic (exact) mass is 392 g/mol. The van der Waals surface area contributed by atoms with Crippen molar-refractivity contribution in [2.75, 3.05) is 52.4 Å². The maximum atomic E-state index is 12.4. The lowest BCUT2D eigenvalue weighted by Gasteiger charge is -2.36. The van der Waals surface area contributed by atoms with Crippen LogP contribution in [0.25, 0.3) is 0 Å². The van der Waals surface area contributed by atoms with Crippen molar-refractivity contribution >= 4 is 23.5 Å². The molecule has 2 heterocycles. The number of urea groups is 1. The van der Waals surface area contributed by atoms with Crippen molar-refractivity contribution in [3.05, 3.63) is 34.9 Å². The van der Waals surface area contributed by atoms with Gasteiger partial charge < -0.3 is 15.1 Å². The van der Waals surface area contributed by atoms with Gasteiger partial charge in [0.15, 0.2) is 0 Å². The SMILES string of the molecule is O=C(CN1CCN(C(=O)NCCc2cccc(Cl)c2)CC1)N1CCCCC1. The van der Waals surface area contributed by atoms with Crippen LogP contribution in [0.3, 0.4) is 0 Å². The molecule has 1 aromatic rings. The highest BCUT2D eigenvalue weighted by molar-refractivity contribution is 6.30. The van der Waals surface area contributed by atoms with Crippen LogP contribution in [0.2, 0.25) is 5.02 Å². The van der Waals surface area contributed by atoms with Crippen LogP contribution in [-0.4, -0.2) is 79.0 Å². The predicted octanol–water partition coefficient (Wildman–Crippen LogP) is 2.22. The highest BCUT2D eigenvalue weighted by Crippen LogP contribution is 2.11. The van der Waals surface area contributed by atoms with Gasteiger partial charge >= 0.3 is 6.03 Å². The fraction of sp³-hybridized carbons (Fsp3) is 0.600. The lowest BCUT2D eigenvalue weighted by molar-refractivity contribution is -0.133. The van der Waals surface area contributed by atoms with Gasteiger partial charge in [0.1, 0.15) is 0 Å². The number of carbonyl (C=O) groups excluding carboxylic acids is 2. The van der Waals surface area contributed by atoms with Crippen LogP contribution >= 0.6 is 11.6 Å². The van der Waals surface area contributed by atoms with Crippen LogP contribution in [0, 0.1) is 0 Å². The van der Waals surface area contributed by atoms with E-state index >= 15 is 0 Å². The van der Waals surface area contributed by atoms with Gasteiger partial charge in [0, 0.05) is 50.8 Å². The molecule has 0 saturated carbocycles. The normalized spacial score (nSPS) is 18.4. The molecule has 2 aliphatic rings. The molecule has 3 amide bonds. The maximum absolute atomic E-state index is 12.4. The van der Waals surface area contributed by atoms with Gasteiger partial charge in [-0.05, 0) is 43.4 Å². The van der Waals surface area contributed by atoms with Gasteiger partial charge in [-0.3, -0.25) is 9.69 Å². The number of nitrogens with zero attached hydrogens (tertiary/aromatic N) is 3. The van der Waals surface area contributed by atoms with Crippen molar-refractivity contribution in [1.82, 2.24) is 20.0 Å². The molecule has 2 saturated heterocycles. The highest BCUT2D eigenvalue weighted by atomic mass is 35.5. The van der Waals surface area contributed by atoms with Crippen molar-refractivity contribution in [2.45, 2.75) is 25.7 Å². The highest BCUT2D eigenvalue weighted by Gasteiger charge is 2.24. The topological polar surface area (TPSA) is 55.9 Å². The molecular weight excluding hydrogens is 364 g/mol. The lowest BCUT2D eigenvalue weighted by atomic mass is 10.1. The Kier molecular flexibility index (Phi) is 7.35. The molecule has 1 N–H and O–H groups in total. The summed E-state index contributed by atoms with van der Waals surface area (Å²) in [7, 11) is 0. The largest absolute Gasteiger partial charge is 0.342 e. The fourth-order valence-electron chi connectivity index (χ4n) is 3.66. The second kappa shape index (κ2) is 9.95. The Morgan fingerprint density at radius 2 is 1.70 bits per heavy atom. The van der Waals surface area contributed by atoms with E-state index in [0.717, 1.165) is 51.0 Å². The minimum Gasteiger partial charge on any atom is -0.342 e. The molecule has 0 unspecified atom stereocenters. The van der Waals surface area contributed by atoms with Crippen molar-refractivity contribution in [1.29, 1.82) is 0 Å². The minimum absolute atomic E-state index is 0.0287. The van der Waals surface area contributed by atoms with E-state index in [2.05, 4.69) is 10.2 Å². The number of halogens is 1. The van der Waals surface area contributed by atoms with Crippen LogP contribution in [0.5, 0.6) is 0 Å². The molecule has 0 aromatic heterocycles. The molecule has 148 valence electrons. The first kappa shape index (κ1) is 20.0. The van der Waals surface area contributed by atoms with Gasteiger partial charge in [-0.15, -0.1) is 0 Å². The summed E-state index contributed by atoms with van der Waals surface area (Å²) in [6.07, 6.45) is 4.23.